The van der Waals surface area contributed by atoms with Crippen LogP contribution in [0.1, 0.15) is 60.6 Å². The standard InChI is InChI=1S/C25H27N5O2S/c31-22(27-21-13-7-6-12-20(21)24(32)26-18-8-4-5-9-18)16-33-25-28-23(17-14-15-17)30(29-25)19-10-2-1-3-11-19/h1-3,6-7,10-13,17-18H,4-5,8-9,14-16H2,(H,26,32)(H,27,31). The summed E-state index contributed by atoms with van der Waals surface area (Å²) in [5.41, 5.74) is 2.00. The maximum Gasteiger partial charge on any atom is 0.253 e. The molecule has 1 heterocycles. The predicted molar refractivity (Wildman–Crippen MR) is 129 cm³/mol. The Labute approximate surface area is 197 Å². The van der Waals surface area contributed by atoms with Gasteiger partial charge in [-0.15, -0.1) is 5.10 Å². The number of nitrogens with one attached hydrogen (secondary N) is 2. The normalized spacial score (nSPS) is 16.0. The molecule has 0 radical (unpaired) electrons. The fraction of sp³-hybridized carbons (Fsp3) is 0.360. The summed E-state index contributed by atoms with van der Waals surface area (Å²) < 4.78 is 1.89. The Morgan fingerprint density at radius 3 is 2.45 bits per heavy atom. The molecule has 8 heteroatoms. The molecule has 0 aliphatic heterocycles. The van der Waals surface area contributed by atoms with Crippen molar-refractivity contribution in [1.29, 1.82) is 0 Å². The average molecular weight is 462 g/mol. The van der Waals surface area contributed by atoms with Crippen LogP contribution in [-0.4, -0.2) is 38.4 Å². The fourth-order valence-electron chi connectivity index (χ4n) is 4.17. The van der Waals surface area contributed by atoms with Gasteiger partial charge in [-0.25, -0.2) is 9.67 Å². The van der Waals surface area contributed by atoms with Crippen LogP contribution in [0.15, 0.2) is 59.8 Å². The molecule has 5 rings (SSSR count). The number of carbonyl (C=O) groups excluding carboxylic acids is 2. The van der Waals surface area contributed by atoms with Crippen LogP contribution >= 0.6 is 11.8 Å². The smallest absolute Gasteiger partial charge is 0.253 e. The summed E-state index contributed by atoms with van der Waals surface area (Å²) in [6, 6.07) is 17.3. The number of hydrogen-bond donors (Lipinski definition) is 2. The minimum atomic E-state index is -0.190. The van der Waals surface area contributed by atoms with E-state index in [0.29, 0.717) is 22.3 Å². The molecule has 0 saturated heterocycles. The van der Waals surface area contributed by atoms with Crippen molar-refractivity contribution >= 4 is 29.3 Å². The third kappa shape index (κ3) is 5.27. The molecule has 2 saturated carbocycles. The van der Waals surface area contributed by atoms with Crippen molar-refractivity contribution in [2.75, 3.05) is 11.1 Å². The van der Waals surface area contributed by atoms with Gasteiger partial charge in [0.25, 0.3) is 5.91 Å². The minimum absolute atomic E-state index is 0.136. The van der Waals surface area contributed by atoms with Gasteiger partial charge in [-0.3, -0.25) is 9.59 Å². The van der Waals surface area contributed by atoms with Gasteiger partial charge in [-0.1, -0.05) is 54.9 Å². The lowest BCUT2D eigenvalue weighted by Crippen LogP contribution is -2.33. The number of thioether (sulfide) groups is 1. The topological polar surface area (TPSA) is 88.9 Å². The summed E-state index contributed by atoms with van der Waals surface area (Å²) in [5, 5.41) is 11.2. The van der Waals surface area contributed by atoms with E-state index >= 15 is 0 Å². The van der Waals surface area contributed by atoms with Gasteiger partial charge >= 0.3 is 0 Å². The van der Waals surface area contributed by atoms with Gasteiger partial charge in [0.05, 0.1) is 22.7 Å². The van der Waals surface area contributed by atoms with E-state index in [4.69, 9.17) is 4.98 Å². The zero-order valence-corrected chi connectivity index (χ0v) is 19.2. The number of anilines is 1. The lowest BCUT2D eigenvalue weighted by atomic mass is 10.1. The first kappa shape index (κ1) is 21.7. The lowest BCUT2D eigenvalue weighted by Gasteiger charge is -2.14. The highest BCUT2D eigenvalue weighted by atomic mass is 32.2. The predicted octanol–water partition coefficient (Wildman–Crippen LogP) is 4.55. The lowest BCUT2D eigenvalue weighted by molar-refractivity contribution is -0.113. The summed E-state index contributed by atoms with van der Waals surface area (Å²) in [6.45, 7) is 0. The molecule has 170 valence electrons. The van der Waals surface area contributed by atoms with Gasteiger partial charge in [-0.05, 0) is 49.9 Å². The first-order chi connectivity index (χ1) is 16.2. The second kappa shape index (κ2) is 9.79. The van der Waals surface area contributed by atoms with Gasteiger partial charge in [-0.2, -0.15) is 0 Å². The van der Waals surface area contributed by atoms with Crippen molar-refractivity contribution in [1.82, 2.24) is 20.1 Å². The molecular weight excluding hydrogens is 434 g/mol. The third-order valence-corrected chi connectivity index (χ3v) is 6.86. The highest BCUT2D eigenvalue weighted by Crippen LogP contribution is 2.40. The van der Waals surface area contributed by atoms with Crippen molar-refractivity contribution < 1.29 is 9.59 Å². The van der Waals surface area contributed by atoms with E-state index in [1.165, 1.54) is 11.8 Å². The van der Waals surface area contributed by atoms with Gasteiger partial charge in [0.15, 0.2) is 0 Å². The van der Waals surface area contributed by atoms with E-state index in [9.17, 15) is 9.59 Å². The van der Waals surface area contributed by atoms with Crippen LogP contribution in [-0.2, 0) is 4.79 Å². The molecule has 33 heavy (non-hydrogen) atoms. The maximum atomic E-state index is 12.7. The van der Waals surface area contributed by atoms with E-state index in [2.05, 4.69) is 15.7 Å². The van der Waals surface area contributed by atoms with Crippen molar-refractivity contribution in [3.8, 4) is 5.69 Å². The highest BCUT2D eigenvalue weighted by Gasteiger charge is 2.30. The zero-order chi connectivity index (χ0) is 22.6. The third-order valence-electron chi connectivity index (χ3n) is 6.02. The van der Waals surface area contributed by atoms with Crippen LogP contribution in [0.2, 0.25) is 0 Å². The monoisotopic (exact) mass is 461 g/mol. The van der Waals surface area contributed by atoms with Crippen LogP contribution in [0.3, 0.4) is 0 Å². The first-order valence-electron chi connectivity index (χ1n) is 11.5. The summed E-state index contributed by atoms with van der Waals surface area (Å²) in [4.78, 5) is 30.1. The summed E-state index contributed by atoms with van der Waals surface area (Å²) in [5.74, 6) is 1.23. The molecule has 2 amide bonds. The molecule has 0 spiro atoms. The number of para-hydroxylation sites is 2. The van der Waals surface area contributed by atoms with E-state index in [-0.39, 0.29) is 23.6 Å². The molecule has 2 N–H and O–H groups in total. The number of amides is 2. The Morgan fingerprint density at radius 1 is 0.970 bits per heavy atom. The van der Waals surface area contributed by atoms with Gasteiger partial charge < -0.3 is 10.6 Å². The molecule has 2 fully saturated rings. The van der Waals surface area contributed by atoms with Crippen molar-refractivity contribution in [3.05, 3.63) is 66.0 Å². The average Bonchev–Trinajstić information content (AvgIpc) is 3.38. The highest BCUT2D eigenvalue weighted by molar-refractivity contribution is 7.99. The molecule has 2 aromatic carbocycles. The van der Waals surface area contributed by atoms with Gasteiger partial charge in [0.1, 0.15) is 5.82 Å². The van der Waals surface area contributed by atoms with Gasteiger partial charge in [0, 0.05) is 12.0 Å². The zero-order valence-electron chi connectivity index (χ0n) is 18.4. The molecule has 1 aromatic heterocycles. The molecule has 2 aliphatic rings. The Hall–Kier alpha value is -3.13. The Kier molecular flexibility index (Phi) is 6.44. The van der Waals surface area contributed by atoms with E-state index in [0.717, 1.165) is 50.0 Å². The summed E-state index contributed by atoms with van der Waals surface area (Å²) in [6.07, 6.45) is 6.57. The molecule has 0 atom stereocenters. The largest absolute Gasteiger partial charge is 0.349 e. The number of benzene rings is 2. The molecule has 0 unspecified atom stereocenters. The van der Waals surface area contributed by atoms with Crippen LogP contribution in [0.25, 0.3) is 5.69 Å². The van der Waals surface area contributed by atoms with E-state index < -0.39 is 0 Å². The number of nitrogens with zero attached hydrogens (tertiary/aromatic N) is 3. The number of aromatic nitrogens is 3. The van der Waals surface area contributed by atoms with E-state index in [1.807, 2.05) is 47.1 Å². The maximum absolute atomic E-state index is 12.7. The molecule has 7 nitrogen and oxygen atoms in total. The minimum Gasteiger partial charge on any atom is -0.349 e. The van der Waals surface area contributed by atoms with E-state index in [1.54, 1.807) is 12.1 Å². The molecular formula is C25H27N5O2S. The number of carbonyl (C=O) groups is 2. The quantitative estimate of drug-likeness (QED) is 0.481. The summed E-state index contributed by atoms with van der Waals surface area (Å²) in [7, 11) is 0. The molecule has 0 bridgehead atoms. The Balaban J connectivity index is 1.23. The molecule has 3 aromatic rings. The van der Waals surface area contributed by atoms with Crippen LogP contribution < -0.4 is 10.6 Å². The Morgan fingerprint density at radius 2 is 1.70 bits per heavy atom. The van der Waals surface area contributed by atoms with Gasteiger partial charge in [0.2, 0.25) is 11.1 Å². The fourth-order valence-corrected chi connectivity index (χ4v) is 4.80. The van der Waals surface area contributed by atoms with Crippen molar-refractivity contribution in [3.63, 3.8) is 0 Å². The summed E-state index contributed by atoms with van der Waals surface area (Å²) >= 11 is 1.31. The van der Waals surface area contributed by atoms with Crippen molar-refractivity contribution in [2.24, 2.45) is 0 Å². The first-order valence-corrected chi connectivity index (χ1v) is 12.5. The number of rotatable bonds is 8. The SMILES string of the molecule is O=C(CSc1nc(C2CC2)n(-c2ccccc2)n1)Nc1ccccc1C(=O)NC1CCCC1. The van der Waals surface area contributed by atoms with Crippen LogP contribution in [0.5, 0.6) is 0 Å². The number of hydrogen-bond acceptors (Lipinski definition) is 5. The second-order valence-corrected chi connectivity index (χ2v) is 9.55. The van der Waals surface area contributed by atoms with Crippen LogP contribution in [0.4, 0.5) is 5.69 Å². The second-order valence-electron chi connectivity index (χ2n) is 8.61. The van der Waals surface area contributed by atoms with Crippen LogP contribution in [0, 0.1) is 0 Å². The van der Waals surface area contributed by atoms with Crippen molar-refractivity contribution in [2.45, 2.75) is 55.6 Å². The Bertz CT molecular complexity index is 1140. The molecule has 2 aliphatic carbocycles.